The van der Waals surface area contributed by atoms with Crippen LogP contribution in [0.15, 0.2) is 12.2 Å². The van der Waals surface area contributed by atoms with E-state index >= 15 is 0 Å². The molecule has 1 aliphatic carbocycles. The Morgan fingerprint density at radius 2 is 0.898 bits per heavy atom. The number of hydrogen-bond acceptors (Lipinski definition) is 8. The van der Waals surface area contributed by atoms with E-state index in [0.717, 1.165) is 122 Å². The van der Waals surface area contributed by atoms with Crippen LogP contribution in [0.5, 0.6) is 0 Å². The first-order valence-electron chi connectivity index (χ1n) is 25.4. The van der Waals surface area contributed by atoms with Gasteiger partial charge in [0.1, 0.15) is 0 Å². The maximum absolute atomic E-state index is 12.5. The molecule has 0 aromatic rings. The largest absolute Gasteiger partial charge is 0.466 e. The lowest BCUT2D eigenvalue weighted by Gasteiger charge is -2.41. The van der Waals surface area contributed by atoms with E-state index in [-0.39, 0.29) is 29.9 Å². The summed E-state index contributed by atoms with van der Waals surface area (Å²) in [6.07, 6.45) is 42.0. The number of hydrogen-bond donors (Lipinski definition) is 1. The summed E-state index contributed by atoms with van der Waals surface area (Å²) in [5.74, 6) is -0.324. The maximum Gasteiger partial charge on any atom is 0.305 e. The second-order valence-corrected chi connectivity index (χ2v) is 17.8. The number of aliphatic hydroxyl groups is 1. The van der Waals surface area contributed by atoms with Gasteiger partial charge in [-0.2, -0.15) is 0 Å². The highest BCUT2D eigenvalue weighted by molar-refractivity contribution is 5.70. The molecule has 0 aliphatic heterocycles. The molecular weight excluding hydrogens is 739 g/mol. The molecule has 0 bridgehead atoms. The van der Waals surface area contributed by atoms with Crippen LogP contribution in [0.2, 0.25) is 0 Å². The quantitative estimate of drug-likeness (QED) is 0.0280. The molecule has 8 heteroatoms. The van der Waals surface area contributed by atoms with Crippen LogP contribution in [-0.4, -0.2) is 73.0 Å². The zero-order chi connectivity index (χ0) is 42.9. The van der Waals surface area contributed by atoms with E-state index < -0.39 is 0 Å². The highest BCUT2D eigenvalue weighted by Crippen LogP contribution is 2.27. The molecule has 0 aromatic carbocycles. The summed E-state index contributed by atoms with van der Waals surface area (Å²) in [5.41, 5.74) is 0. The van der Waals surface area contributed by atoms with Gasteiger partial charge in [0.15, 0.2) is 0 Å². The summed E-state index contributed by atoms with van der Waals surface area (Å²) in [6.45, 7) is 9.78. The maximum atomic E-state index is 12.5. The van der Waals surface area contributed by atoms with Crippen molar-refractivity contribution in [1.29, 1.82) is 0 Å². The first kappa shape index (κ1) is 55.1. The van der Waals surface area contributed by atoms with Gasteiger partial charge < -0.3 is 24.2 Å². The van der Waals surface area contributed by atoms with Gasteiger partial charge in [0.2, 0.25) is 0 Å². The summed E-state index contributed by atoms with van der Waals surface area (Å²) < 4.78 is 16.9. The van der Waals surface area contributed by atoms with E-state index in [1.165, 1.54) is 96.3 Å². The Kier molecular flexibility index (Phi) is 38.7. The van der Waals surface area contributed by atoms with E-state index in [1.807, 2.05) is 0 Å². The van der Waals surface area contributed by atoms with Gasteiger partial charge >= 0.3 is 17.9 Å². The molecule has 0 atom stereocenters. The van der Waals surface area contributed by atoms with Crippen molar-refractivity contribution in [1.82, 2.24) is 4.90 Å². The van der Waals surface area contributed by atoms with Crippen LogP contribution in [0.4, 0.5) is 0 Å². The van der Waals surface area contributed by atoms with Crippen molar-refractivity contribution in [2.75, 3.05) is 32.9 Å². The number of carbonyl (C=O) groups excluding carboxylic acids is 3. The molecule has 0 amide bonds. The number of nitrogens with zero attached hydrogens (tertiary/aromatic N) is 1. The van der Waals surface area contributed by atoms with E-state index in [0.29, 0.717) is 45.1 Å². The highest BCUT2D eigenvalue weighted by atomic mass is 16.5. The van der Waals surface area contributed by atoms with E-state index in [2.05, 4.69) is 37.8 Å². The number of rotatable bonds is 44. The van der Waals surface area contributed by atoms with Crippen LogP contribution in [0.25, 0.3) is 0 Å². The first-order chi connectivity index (χ1) is 28.9. The van der Waals surface area contributed by atoms with Gasteiger partial charge in [-0.1, -0.05) is 155 Å². The van der Waals surface area contributed by atoms with Crippen molar-refractivity contribution in [2.45, 2.75) is 258 Å². The van der Waals surface area contributed by atoms with Gasteiger partial charge in [-0.05, 0) is 96.6 Å². The Bertz CT molecular complexity index is 967. The van der Waals surface area contributed by atoms with Crippen molar-refractivity contribution in [2.24, 2.45) is 5.92 Å². The summed E-state index contributed by atoms with van der Waals surface area (Å²) in [6, 6.07) is 0.440. The molecule has 8 nitrogen and oxygen atoms in total. The van der Waals surface area contributed by atoms with Gasteiger partial charge in [-0.25, -0.2) is 0 Å². The molecule has 0 spiro atoms. The Hall–Kier alpha value is -1.93. The molecule has 1 saturated carbocycles. The Balaban J connectivity index is 2.25. The lowest BCUT2D eigenvalue weighted by atomic mass is 9.87. The zero-order valence-corrected chi connectivity index (χ0v) is 39.0. The summed E-state index contributed by atoms with van der Waals surface area (Å²) in [7, 11) is 0. The van der Waals surface area contributed by atoms with Crippen LogP contribution in [0.3, 0.4) is 0 Å². The van der Waals surface area contributed by atoms with E-state index in [1.54, 1.807) is 0 Å². The Morgan fingerprint density at radius 3 is 1.37 bits per heavy atom. The highest BCUT2D eigenvalue weighted by Gasteiger charge is 2.31. The lowest BCUT2D eigenvalue weighted by Crippen LogP contribution is -2.47. The number of ether oxygens (including phenoxy) is 3. The number of esters is 3. The van der Waals surface area contributed by atoms with Crippen LogP contribution in [-0.2, 0) is 28.6 Å². The molecule has 0 aromatic heterocycles. The minimum Gasteiger partial charge on any atom is -0.466 e. The molecule has 1 aliphatic rings. The fourth-order valence-corrected chi connectivity index (χ4v) is 7.98. The van der Waals surface area contributed by atoms with Crippen LogP contribution < -0.4 is 0 Å². The van der Waals surface area contributed by atoms with Crippen molar-refractivity contribution in [3.8, 4) is 0 Å². The monoisotopic (exact) mass is 834 g/mol. The Labute approximate surface area is 364 Å². The third-order valence-corrected chi connectivity index (χ3v) is 12.1. The second kappa shape index (κ2) is 41.4. The van der Waals surface area contributed by atoms with Crippen molar-refractivity contribution < 1.29 is 33.7 Å². The summed E-state index contributed by atoms with van der Waals surface area (Å²) >= 11 is 0. The van der Waals surface area contributed by atoms with Crippen LogP contribution >= 0.6 is 0 Å². The van der Waals surface area contributed by atoms with Crippen molar-refractivity contribution in [3.63, 3.8) is 0 Å². The van der Waals surface area contributed by atoms with E-state index in [9.17, 15) is 19.5 Å². The predicted molar refractivity (Wildman–Crippen MR) is 245 cm³/mol. The number of carbonyl (C=O) groups is 3. The fourth-order valence-electron chi connectivity index (χ4n) is 7.98. The topological polar surface area (TPSA) is 102 Å². The second-order valence-electron chi connectivity index (χ2n) is 17.8. The normalized spacial score (nSPS) is 15.3. The van der Waals surface area contributed by atoms with Crippen molar-refractivity contribution in [3.05, 3.63) is 12.2 Å². The third kappa shape index (κ3) is 35.4. The van der Waals surface area contributed by atoms with Crippen LogP contribution in [0, 0.1) is 5.92 Å². The number of allylic oxidation sites excluding steroid dienone is 2. The average molecular weight is 834 g/mol. The molecule has 1 N–H and O–H groups in total. The molecule has 346 valence electrons. The predicted octanol–water partition coefficient (Wildman–Crippen LogP) is 13.5. The van der Waals surface area contributed by atoms with Crippen LogP contribution in [0.1, 0.15) is 245 Å². The van der Waals surface area contributed by atoms with Gasteiger partial charge in [-0.3, -0.25) is 14.4 Å². The smallest absolute Gasteiger partial charge is 0.305 e. The molecule has 1 rings (SSSR count). The summed E-state index contributed by atoms with van der Waals surface area (Å²) in [5, 5.41) is 10.0. The van der Waals surface area contributed by atoms with Gasteiger partial charge in [-0.15, -0.1) is 0 Å². The first-order valence-corrected chi connectivity index (χ1v) is 25.4. The third-order valence-electron chi connectivity index (χ3n) is 12.1. The molecule has 59 heavy (non-hydrogen) atoms. The average Bonchev–Trinajstić information content (AvgIpc) is 3.22. The minimum absolute atomic E-state index is 0.0121. The fraction of sp³-hybridized carbons (Fsp3) is 0.902. The SMILES string of the molecule is CCCCCCCC/C=C\CCCCCCCC(=O)OCCCCCCN(CCCCC(COC(=O)CCCCCCC)COC(=O)CCCCCCC)C1CC(O)C1. The molecular formula is C51H95NO7. The van der Waals surface area contributed by atoms with Gasteiger partial charge in [0.25, 0.3) is 0 Å². The number of aliphatic hydroxyl groups excluding tert-OH is 1. The van der Waals surface area contributed by atoms with Gasteiger partial charge in [0.05, 0.1) is 25.9 Å². The summed E-state index contributed by atoms with van der Waals surface area (Å²) in [4.78, 5) is 39.7. The van der Waals surface area contributed by atoms with Gasteiger partial charge in [0, 0.05) is 31.2 Å². The van der Waals surface area contributed by atoms with Crippen molar-refractivity contribution >= 4 is 17.9 Å². The van der Waals surface area contributed by atoms with E-state index in [4.69, 9.17) is 14.2 Å². The molecule has 1 fully saturated rings. The molecule has 0 heterocycles. The molecule has 0 saturated heterocycles. The lowest BCUT2D eigenvalue weighted by molar-refractivity contribution is -0.149. The zero-order valence-electron chi connectivity index (χ0n) is 39.0. The minimum atomic E-state index is -0.184. The standard InChI is InChI=1S/C51H95NO7/c1-4-7-10-13-14-15-16-17-18-19-20-21-22-25-30-36-49(54)57-41-34-27-26-32-39-52(47-42-48(53)43-47)40-33-31-35-46(44-58-50(55)37-28-23-11-8-5-2)45-59-51(56)38-29-24-12-9-6-3/h17-18,46-48,53H,4-16,19-45H2,1-3H3/b18-17-. The Morgan fingerprint density at radius 1 is 0.508 bits per heavy atom. The molecule has 0 unspecified atom stereocenters. The number of unbranched alkanes of at least 4 members (excludes halogenated alkanes) is 23. The molecule has 0 radical (unpaired) electrons.